The van der Waals surface area contributed by atoms with Gasteiger partial charge in [0.25, 0.3) is 5.56 Å². The molecule has 0 aliphatic rings. The first kappa shape index (κ1) is 15.8. The number of rotatable bonds is 3. The van der Waals surface area contributed by atoms with Crippen LogP contribution >= 0.6 is 22.9 Å². The Balaban J connectivity index is 2.16. The van der Waals surface area contributed by atoms with Crippen molar-refractivity contribution in [3.05, 3.63) is 58.0 Å². The molecule has 0 amide bonds. The highest BCUT2D eigenvalue weighted by molar-refractivity contribution is 7.19. The van der Waals surface area contributed by atoms with Crippen molar-refractivity contribution in [2.45, 2.75) is 19.9 Å². The van der Waals surface area contributed by atoms with Crippen molar-refractivity contribution in [3.63, 3.8) is 0 Å². The monoisotopic (exact) mass is 345 g/mol. The molecule has 3 rings (SSSR count). The van der Waals surface area contributed by atoms with Crippen LogP contribution in [0.4, 0.5) is 5.13 Å². The van der Waals surface area contributed by atoms with E-state index in [9.17, 15) is 4.79 Å². The molecule has 0 saturated heterocycles. The average Bonchev–Trinajstić information content (AvgIpc) is 2.90. The molecule has 0 saturated carbocycles. The first-order valence-corrected chi connectivity index (χ1v) is 8.40. The minimum Gasteiger partial charge on any atom is -0.375 e. The Morgan fingerprint density at radius 3 is 2.43 bits per heavy atom. The van der Waals surface area contributed by atoms with Crippen LogP contribution < -0.4 is 11.3 Å². The topological polar surface area (TPSA) is 60.9 Å². The number of benzene rings is 1. The fraction of sp³-hybridized carbons (Fsp3) is 0.176. The highest BCUT2D eigenvalue weighted by atomic mass is 35.5. The number of pyridine rings is 1. The van der Waals surface area contributed by atoms with Crippen LogP contribution in [0.25, 0.3) is 21.7 Å². The summed E-state index contributed by atoms with van der Waals surface area (Å²) in [6.07, 6.45) is 1.86. The summed E-state index contributed by atoms with van der Waals surface area (Å²) in [4.78, 5) is 17.3. The van der Waals surface area contributed by atoms with Crippen LogP contribution in [0.15, 0.2) is 47.4 Å². The molecule has 0 atom stereocenters. The van der Waals surface area contributed by atoms with Gasteiger partial charge in [-0.1, -0.05) is 35.1 Å². The average molecular weight is 346 g/mol. The fourth-order valence-electron chi connectivity index (χ4n) is 2.38. The van der Waals surface area contributed by atoms with E-state index in [-0.39, 0.29) is 11.6 Å². The maximum Gasteiger partial charge on any atom is 0.250 e. The van der Waals surface area contributed by atoms with Gasteiger partial charge in [-0.15, -0.1) is 0 Å². The molecule has 1 aromatic carbocycles. The van der Waals surface area contributed by atoms with Crippen LogP contribution in [0.2, 0.25) is 5.02 Å². The highest BCUT2D eigenvalue weighted by Crippen LogP contribution is 2.38. The summed E-state index contributed by atoms with van der Waals surface area (Å²) in [7, 11) is 0. The zero-order valence-corrected chi connectivity index (χ0v) is 14.4. The van der Waals surface area contributed by atoms with Crippen LogP contribution in [0.5, 0.6) is 0 Å². The number of nitrogens with zero attached hydrogens (tertiary/aromatic N) is 2. The SMILES string of the molecule is CC(C)n1cc(-c2sc(N)nc2-c2ccc(Cl)cc2)ccc1=O. The van der Waals surface area contributed by atoms with E-state index >= 15 is 0 Å². The van der Waals surface area contributed by atoms with E-state index in [4.69, 9.17) is 17.3 Å². The fourth-order valence-corrected chi connectivity index (χ4v) is 3.35. The lowest BCUT2D eigenvalue weighted by atomic mass is 10.1. The molecule has 0 fully saturated rings. The van der Waals surface area contributed by atoms with Gasteiger partial charge in [-0.05, 0) is 32.0 Å². The van der Waals surface area contributed by atoms with Crippen molar-refractivity contribution in [2.75, 3.05) is 5.73 Å². The molecule has 0 unspecified atom stereocenters. The number of halogens is 1. The number of nitrogens with two attached hydrogens (primary N) is 1. The van der Waals surface area contributed by atoms with Crippen LogP contribution in [-0.4, -0.2) is 9.55 Å². The van der Waals surface area contributed by atoms with E-state index in [1.54, 1.807) is 10.6 Å². The minimum absolute atomic E-state index is 0.0192. The zero-order chi connectivity index (χ0) is 16.6. The van der Waals surface area contributed by atoms with Crippen molar-refractivity contribution in [2.24, 2.45) is 0 Å². The van der Waals surface area contributed by atoms with E-state index in [0.29, 0.717) is 10.2 Å². The van der Waals surface area contributed by atoms with E-state index < -0.39 is 0 Å². The number of aromatic nitrogens is 2. The van der Waals surface area contributed by atoms with Crippen molar-refractivity contribution in [1.82, 2.24) is 9.55 Å². The van der Waals surface area contributed by atoms with Gasteiger partial charge in [0.05, 0.1) is 10.6 Å². The molecule has 0 spiro atoms. The molecular weight excluding hydrogens is 330 g/mol. The van der Waals surface area contributed by atoms with Crippen molar-refractivity contribution in [1.29, 1.82) is 0 Å². The number of hydrogen-bond acceptors (Lipinski definition) is 4. The Morgan fingerprint density at radius 1 is 1.13 bits per heavy atom. The van der Waals surface area contributed by atoms with Crippen LogP contribution in [0.1, 0.15) is 19.9 Å². The van der Waals surface area contributed by atoms with Gasteiger partial charge in [0, 0.05) is 34.5 Å². The van der Waals surface area contributed by atoms with Crippen molar-refractivity contribution in [3.8, 4) is 21.7 Å². The largest absolute Gasteiger partial charge is 0.375 e. The lowest BCUT2D eigenvalue weighted by Gasteiger charge is -2.11. The summed E-state index contributed by atoms with van der Waals surface area (Å²) in [6, 6.07) is 11.0. The molecule has 0 radical (unpaired) electrons. The molecule has 118 valence electrons. The predicted octanol–water partition coefficient (Wildman–Crippen LogP) is 4.46. The standard InChI is InChI=1S/C17H16ClN3OS/c1-10(2)21-9-12(5-8-14(21)22)16-15(20-17(19)23-16)11-3-6-13(18)7-4-11/h3-10H,1-2H3,(H2,19,20). The molecule has 2 N–H and O–H groups in total. The maximum absolute atomic E-state index is 12.0. The summed E-state index contributed by atoms with van der Waals surface area (Å²) in [5.74, 6) is 0. The molecule has 0 aliphatic heterocycles. The van der Waals surface area contributed by atoms with E-state index in [2.05, 4.69) is 4.98 Å². The third-order valence-corrected chi connectivity index (χ3v) is 4.70. The molecule has 2 aromatic heterocycles. The smallest absolute Gasteiger partial charge is 0.250 e. The van der Waals surface area contributed by atoms with Gasteiger partial charge in [0.15, 0.2) is 5.13 Å². The molecule has 3 aromatic rings. The Labute approximate surface area is 143 Å². The lowest BCUT2D eigenvalue weighted by Crippen LogP contribution is -2.20. The maximum atomic E-state index is 12.0. The van der Waals surface area contributed by atoms with Crippen LogP contribution in [-0.2, 0) is 0 Å². The zero-order valence-electron chi connectivity index (χ0n) is 12.8. The summed E-state index contributed by atoms with van der Waals surface area (Å²) >= 11 is 7.36. The Morgan fingerprint density at radius 2 is 1.78 bits per heavy atom. The number of thiazole rings is 1. The second-order valence-electron chi connectivity index (χ2n) is 5.49. The number of anilines is 1. The van der Waals surface area contributed by atoms with E-state index in [0.717, 1.165) is 21.7 Å². The minimum atomic E-state index is -0.0192. The summed E-state index contributed by atoms with van der Waals surface area (Å²) < 4.78 is 1.71. The van der Waals surface area contributed by atoms with Crippen LogP contribution in [0, 0.1) is 0 Å². The number of nitrogen functional groups attached to an aromatic ring is 1. The highest BCUT2D eigenvalue weighted by Gasteiger charge is 2.15. The first-order chi connectivity index (χ1) is 11.0. The third kappa shape index (κ3) is 3.16. The molecule has 23 heavy (non-hydrogen) atoms. The van der Waals surface area contributed by atoms with E-state index in [1.165, 1.54) is 11.3 Å². The van der Waals surface area contributed by atoms with Gasteiger partial charge in [0.1, 0.15) is 0 Å². The molecule has 0 aliphatic carbocycles. The quantitative estimate of drug-likeness (QED) is 0.762. The van der Waals surface area contributed by atoms with Crippen LogP contribution in [0.3, 0.4) is 0 Å². The van der Waals surface area contributed by atoms with Gasteiger partial charge in [-0.2, -0.15) is 0 Å². The van der Waals surface area contributed by atoms with Gasteiger partial charge in [-0.25, -0.2) is 4.98 Å². The third-order valence-electron chi connectivity index (χ3n) is 3.52. The van der Waals surface area contributed by atoms with E-state index in [1.807, 2.05) is 50.4 Å². The van der Waals surface area contributed by atoms with Crippen molar-refractivity contribution < 1.29 is 0 Å². The Hall–Kier alpha value is -2.11. The second-order valence-corrected chi connectivity index (χ2v) is 6.96. The lowest BCUT2D eigenvalue weighted by molar-refractivity contribution is 0.579. The summed E-state index contributed by atoms with van der Waals surface area (Å²) in [5.41, 5.74) is 8.58. The predicted molar refractivity (Wildman–Crippen MR) is 97.1 cm³/mol. The summed E-state index contributed by atoms with van der Waals surface area (Å²) in [6.45, 7) is 3.96. The van der Waals surface area contributed by atoms with Gasteiger partial charge in [0.2, 0.25) is 0 Å². The molecule has 4 nitrogen and oxygen atoms in total. The number of hydrogen-bond donors (Lipinski definition) is 1. The van der Waals surface area contributed by atoms with Gasteiger partial charge < -0.3 is 10.3 Å². The molecule has 0 bridgehead atoms. The second kappa shape index (κ2) is 6.18. The van der Waals surface area contributed by atoms with Gasteiger partial charge in [-0.3, -0.25) is 4.79 Å². The Kier molecular flexibility index (Phi) is 4.24. The Bertz CT molecular complexity index is 897. The van der Waals surface area contributed by atoms with Gasteiger partial charge >= 0.3 is 0 Å². The molecular formula is C17H16ClN3OS. The van der Waals surface area contributed by atoms with Crippen molar-refractivity contribution >= 4 is 28.1 Å². The molecule has 2 heterocycles. The summed E-state index contributed by atoms with van der Waals surface area (Å²) in [5, 5.41) is 1.17. The normalized spacial score (nSPS) is 11.1. The first-order valence-electron chi connectivity index (χ1n) is 7.20. The molecule has 6 heteroatoms.